The Morgan fingerprint density at radius 3 is 3.00 bits per heavy atom. The molecular formula is C15H12N4O. The highest BCUT2D eigenvalue weighted by Gasteiger charge is 2.21. The van der Waals surface area contributed by atoms with Crippen LogP contribution in [-0.4, -0.2) is 16.6 Å². The molecular weight excluding hydrogens is 252 g/mol. The summed E-state index contributed by atoms with van der Waals surface area (Å²) in [6.45, 7) is 0.633. The van der Waals surface area contributed by atoms with Crippen LogP contribution >= 0.6 is 0 Å². The molecule has 1 aliphatic rings. The molecule has 0 radical (unpaired) electrons. The van der Waals surface area contributed by atoms with Gasteiger partial charge < -0.3 is 15.2 Å². The summed E-state index contributed by atoms with van der Waals surface area (Å²) in [5, 5.41) is 4.33. The Morgan fingerprint density at radius 1 is 1.15 bits per heavy atom. The second kappa shape index (κ2) is 4.09. The van der Waals surface area contributed by atoms with Gasteiger partial charge in [-0.05, 0) is 12.1 Å². The predicted octanol–water partition coefficient (Wildman–Crippen LogP) is 2.44. The van der Waals surface area contributed by atoms with Gasteiger partial charge in [-0.1, -0.05) is 18.2 Å². The molecule has 4 rings (SSSR count). The largest absolute Gasteiger partial charge is 0.366 e. The fourth-order valence-corrected chi connectivity index (χ4v) is 2.62. The van der Waals surface area contributed by atoms with Crippen LogP contribution in [0.1, 0.15) is 0 Å². The summed E-state index contributed by atoms with van der Waals surface area (Å²) in [5.74, 6) is 0. The van der Waals surface area contributed by atoms with Gasteiger partial charge >= 0.3 is 0 Å². The average molecular weight is 264 g/mol. The minimum Gasteiger partial charge on any atom is -0.366 e. The van der Waals surface area contributed by atoms with E-state index in [9.17, 15) is 4.79 Å². The molecule has 0 spiro atoms. The normalized spacial score (nSPS) is 13.3. The van der Waals surface area contributed by atoms with Crippen LogP contribution in [-0.2, 0) is 0 Å². The third kappa shape index (κ3) is 1.56. The molecule has 0 saturated heterocycles. The molecule has 0 amide bonds. The van der Waals surface area contributed by atoms with Gasteiger partial charge in [0, 0.05) is 17.6 Å². The Morgan fingerprint density at radius 2 is 2.05 bits per heavy atom. The lowest BCUT2D eigenvalue weighted by molar-refractivity contribution is 1.09. The maximum atomic E-state index is 11.9. The molecule has 0 fully saturated rings. The topological polar surface area (TPSA) is 61.0 Å². The molecule has 1 aromatic carbocycles. The first-order chi connectivity index (χ1) is 9.83. The zero-order valence-electron chi connectivity index (χ0n) is 10.6. The zero-order valence-corrected chi connectivity index (χ0v) is 10.6. The number of para-hydroxylation sites is 1. The van der Waals surface area contributed by atoms with Crippen molar-refractivity contribution in [2.24, 2.45) is 0 Å². The fourth-order valence-electron chi connectivity index (χ4n) is 2.62. The number of aromatic nitrogens is 2. The number of anilines is 3. The van der Waals surface area contributed by atoms with Gasteiger partial charge in [0.15, 0.2) is 0 Å². The molecule has 5 heteroatoms. The monoisotopic (exact) mass is 264 g/mol. The Balaban J connectivity index is 1.98. The highest BCUT2D eigenvalue weighted by Crippen LogP contribution is 2.37. The molecule has 2 aromatic heterocycles. The fraction of sp³-hybridized carbons (Fsp3) is 0.0667. The van der Waals surface area contributed by atoms with Gasteiger partial charge in [0.2, 0.25) is 0 Å². The summed E-state index contributed by atoms with van der Waals surface area (Å²) in [6.07, 6.45) is 3.57. The van der Waals surface area contributed by atoms with E-state index in [2.05, 4.69) is 20.2 Å². The molecule has 0 bridgehead atoms. The molecule has 98 valence electrons. The van der Waals surface area contributed by atoms with E-state index in [1.54, 1.807) is 12.3 Å². The first-order valence-corrected chi connectivity index (χ1v) is 6.40. The van der Waals surface area contributed by atoms with Crippen LogP contribution in [0.5, 0.6) is 0 Å². The van der Waals surface area contributed by atoms with E-state index in [1.807, 2.05) is 36.5 Å². The molecule has 3 aromatic rings. The number of aromatic amines is 1. The van der Waals surface area contributed by atoms with Crippen molar-refractivity contribution in [3.05, 3.63) is 59.1 Å². The summed E-state index contributed by atoms with van der Waals surface area (Å²) < 4.78 is 0. The lowest BCUT2D eigenvalue weighted by Gasteiger charge is -2.19. The Hall–Kier alpha value is -2.82. The Kier molecular flexibility index (Phi) is 2.26. The van der Waals surface area contributed by atoms with Crippen molar-refractivity contribution in [3.8, 4) is 0 Å². The zero-order chi connectivity index (χ0) is 13.5. The molecule has 0 unspecified atom stereocenters. The van der Waals surface area contributed by atoms with E-state index in [4.69, 9.17) is 0 Å². The van der Waals surface area contributed by atoms with Gasteiger partial charge in [0.25, 0.3) is 5.56 Å². The standard InChI is InChI=1S/C15H12N4O/c20-15-7-13(10-3-1-2-4-11(10)18-15)19-9-17-12-5-6-16-8-14(12)19/h1-8,17H,9H2,(H,18,20). The Bertz CT molecular complexity index is 856. The smallest absolute Gasteiger partial charge is 0.250 e. The predicted molar refractivity (Wildman–Crippen MR) is 79.4 cm³/mol. The number of hydrogen-bond acceptors (Lipinski definition) is 4. The number of H-pyrrole nitrogens is 1. The van der Waals surface area contributed by atoms with E-state index >= 15 is 0 Å². The lowest BCUT2D eigenvalue weighted by atomic mass is 10.1. The van der Waals surface area contributed by atoms with Gasteiger partial charge in [-0.2, -0.15) is 0 Å². The highest BCUT2D eigenvalue weighted by atomic mass is 16.1. The Labute approximate surface area is 114 Å². The summed E-state index contributed by atoms with van der Waals surface area (Å²) in [4.78, 5) is 21.0. The SMILES string of the molecule is O=c1cc(N2CNc3ccncc32)c2ccccc2[nH]1. The maximum Gasteiger partial charge on any atom is 0.250 e. The third-order valence-electron chi connectivity index (χ3n) is 3.54. The first-order valence-electron chi connectivity index (χ1n) is 6.40. The van der Waals surface area contributed by atoms with Gasteiger partial charge in [0.05, 0.1) is 35.4 Å². The number of nitrogens with zero attached hydrogens (tertiary/aromatic N) is 2. The van der Waals surface area contributed by atoms with E-state index < -0.39 is 0 Å². The first kappa shape index (κ1) is 11.0. The van der Waals surface area contributed by atoms with Crippen LogP contribution < -0.4 is 15.8 Å². The summed E-state index contributed by atoms with van der Waals surface area (Å²) in [6, 6.07) is 11.4. The second-order valence-corrected chi connectivity index (χ2v) is 4.72. The number of hydrogen-bond donors (Lipinski definition) is 2. The molecule has 20 heavy (non-hydrogen) atoms. The van der Waals surface area contributed by atoms with Crippen LogP contribution in [0.25, 0.3) is 10.9 Å². The van der Waals surface area contributed by atoms with Crippen molar-refractivity contribution in [1.29, 1.82) is 0 Å². The summed E-state index contributed by atoms with van der Waals surface area (Å²) >= 11 is 0. The van der Waals surface area contributed by atoms with Crippen LogP contribution in [0.4, 0.5) is 17.1 Å². The van der Waals surface area contributed by atoms with Gasteiger partial charge in [-0.15, -0.1) is 0 Å². The third-order valence-corrected chi connectivity index (χ3v) is 3.54. The maximum absolute atomic E-state index is 11.9. The average Bonchev–Trinajstić information content (AvgIpc) is 2.90. The van der Waals surface area contributed by atoms with Gasteiger partial charge in [-0.3, -0.25) is 9.78 Å². The minimum absolute atomic E-state index is 0.101. The second-order valence-electron chi connectivity index (χ2n) is 4.72. The van der Waals surface area contributed by atoms with Gasteiger partial charge in [0.1, 0.15) is 0 Å². The summed E-state index contributed by atoms with van der Waals surface area (Å²) in [5.41, 5.74) is 3.65. The number of pyridine rings is 2. The van der Waals surface area contributed by atoms with Crippen LogP contribution in [0, 0.1) is 0 Å². The molecule has 3 heterocycles. The molecule has 2 N–H and O–H groups in total. The molecule has 0 atom stereocenters. The van der Waals surface area contributed by atoms with Crippen molar-refractivity contribution < 1.29 is 0 Å². The molecule has 1 aliphatic heterocycles. The lowest BCUT2D eigenvalue weighted by Crippen LogP contribution is -2.19. The number of benzene rings is 1. The van der Waals surface area contributed by atoms with Crippen molar-refractivity contribution in [2.45, 2.75) is 0 Å². The number of fused-ring (bicyclic) bond motifs is 2. The van der Waals surface area contributed by atoms with E-state index in [1.165, 1.54) is 0 Å². The van der Waals surface area contributed by atoms with Crippen molar-refractivity contribution >= 4 is 28.0 Å². The van der Waals surface area contributed by atoms with Gasteiger partial charge in [-0.25, -0.2) is 0 Å². The van der Waals surface area contributed by atoms with E-state index in [0.29, 0.717) is 6.67 Å². The quantitative estimate of drug-likeness (QED) is 0.708. The number of rotatable bonds is 1. The summed E-state index contributed by atoms with van der Waals surface area (Å²) in [7, 11) is 0. The molecule has 0 saturated carbocycles. The molecule has 5 nitrogen and oxygen atoms in total. The van der Waals surface area contributed by atoms with Crippen LogP contribution in [0.2, 0.25) is 0 Å². The minimum atomic E-state index is -0.101. The van der Waals surface area contributed by atoms with E-state index in [-0.39, 0.29) is 5.56 Å². The highest BCUT2D eigenvalue weighted by molar-refractivity contribution is 5.96. The van der Waals surface area contributed by atoms with E-state index in [0.717, 1.165) is 28.0 Å². The van der Waals surface area contributed by atoms with Crippen molar-refractivity contribution in [3.63, 3.8) is 0 Å². The number of nitrogens with one attached hydrogen (secondary N) is 2. The van der Waals surface area contributed by atoms with Crippen molar-refractivity contribution in [2.75, 3.05) is 16.9 Å². The van der Waals surface area contributed by atoms with Crippen molar-refractivity contribution in [1.82, 2.24) is 9.97 Å². The van der Waals surface area contributed by atoms with Crippen LogP contribution in [0.15, 0.2) is 53.6 Å². The molecule has 0 aliphatic carbocycles. The van der Waals surface area contributed by atoms with Crippen LogP contribution in [0.3, 0.4) is 0 Å².